The summed E-state index contributed by atoms with van der Waals surface area (Å²) in [4.78, 5) is 23.4. The standard InChI is InChI=1S/C18H16ClFN2O2/c1-10(23)21-17-7-6-13(8-16(17)19)22-18(24)15-9-14(15)11-2-4-12(20)5-3-11/h2-8,14-15H,9H2,1H3,(H,21,23)(H,22,24)/t14-,15+/m1/s1. The Balaban J connectivity index is 1.62. The lowest BCUT2D eigenvalue weighted by atomic mass is 10.1. The molecule has 1 aliphatic carbocycles. The maximum atomic E-state index is 12.9. The Hall–Kier alpha value is -2.40. The van der Waals surface area contributed by atoms with Gasteiger partial charge in [-0.05, 0) is 48.2 Å². The number of hydrogen-bond donors (Lipinski definition) is 2. The fourth-order valence-electron chi connectivity index (χ4n) is 2.68. The molecule has 2 aromatic carbocycles. The van der Waals surface area contributed by atoms with Gasteiger partial charge in [-0.15, -0.1) is 0 Å². The summed E-state index contributed by atoms with van der Waals surface area (Å²) >= 11 is 6.09. The van der Waals surface area contributed by atoms with Crippen molar-refractivity contribution in [1.29, 1.82) is 0 Å². The van der Waals surface area contributed by atoms with E-state index >= 15 is 0 Å². The van der Waals surface area contributed by atoms with E-state index in [1.165, 1.54) is 19.1 Å². The Labute approximate surface area is 144 Å². The number of amides is 2. The first-order valence-corrected chi connectivity index (χ1v) is 7.95. The highest BCUT2D eigenvalue weighted by atomic mass is 35.5. The molecule has 1 aliphatic rings. The number of carbonyl (C=O) groups excluding carboxylic acids is 2. The smallest absolute Gasteiger partial charge is 0.228 e. The van der Waals surface area contributed by atoms with Crippen molar-refractivity contribution in [3.8, 4) is 0 Å². The van der Waals surface area contributed by atoms with Gasteiger partial charge in [-0.1, -0.05) is 23.7 Å². The summed E-state index contributed by atoms with van der Waals surface area (Å²) < 4.78 is 12.9. The third kappa shape index (κ3) is 3.74. The van der Waals surface area contributed by atoms with Crippen LogP contribution in [0.25, 0.3) is 0 Å². The van der Waals surface area contributed by atoms with E-state index in [4.69, 9.17) is 11.6 Å². The first-order valence-electron chi connectivity index (χ1n) is 7.57. The van der Waals surface area contributed by atoms with Crippen molar-refractivity contribution in [3.05, 3.63) is 58.9 Å². The normalized spacial score (nSPS) is 18.8. The SMILES string of the molecule is CC(=O)Nc1ccc(NC(=O)[C@H]2C[C@@H]2c2ccc(F)cc2)cc1Cl. The highest BCUT2D eigenvalue weighted by Gasteiger charge is 2.43. The van der Waals surface area contributed by atoms with Crippen LogP contribution in [-0.4, -0.2) is 11.8 Å². The lowest BCUT2D eigenvalue weighted by Gasteiger charge is -2.09. The second kappa shape index (κ2) is 6.61. The lowest BCUT2D eigenvalue weighted by molar-refractivity contribution is -0.117. The minimum atomic E-state index is -0.283. The average molecular weight is 347 g/mol. The van der Waals surface area contributed by atoms with E-state index in [9.17, 15) is 14.0 Å². The van der Waals surface area contributed by atoms with Gasteiger partial charge in [-0.2, -0.15) is 0 Å². The van der Waals surface area contributed by atoms with E-state index in [0.29, 0.717) is 16.4 Å². The Kier molecular flexibility index (Phi) is 4.53. The minimum Gasteiger partial charge on any atom is -0.326 e. The van der Waals surface area contributed by atoms with E-state index < -0.39 is 0 Å². The third-order valence-electron chi connectivity index (χ3n) is 3.97. The number of rotatable bonds is 4. The van der Waals surface area contributed by atoms with Crippen molar-refractivity contribution in [2.24, 2.45) is 5.92 Å². The average Bonchev–Trinajstić information content (AvgIpc) is 3.31. The molecule has 4 nitrogen and oxygen atoms in total. The first kappa shape index (κ1) is 16.5. The van der Waals surface area contributed by atoms with Crippen LogP contribution < -0.4 is 10.6 Å². The van der Waals surface area contributed by atoms with Crippen molar-refractivity contribution in [3.63, 3.8) is 0 Å². The largest absolute Gasteiger partial charge is 0.326 e. The maximum absolute atomic E-state index is 12.9. The molecule has 0 saturated heterocycles. The van der Waals surface area contributed by atoms with Gasteiger partial charge in [0.15, 0.2) is 0 Å². The predicted molar refractivity (Wildman–Crippen MR) is 91.6 cm³/mol. The molecule has 6 heteroatoms. The number of carbonyl (C=O) groups is 2. The van der Waals surface area contributed by atoms with Crippen LogP contribution in [0.15, 0.2) is 42.5 Å². The molecule has 0 spiro atoms. The summed E-state index contributed by atoms with van der Waals surface area (Å²) in [5, 5.41) is 5.79. The van der Waals surface area contributed by atoms with Crippen LogP contribution in [-0.2, 0) is 9.59 Å². The van der Waals surface area contributed by atoms with Crippen LogP contribution in [0.3, 0.4) is 0 Å². The van der Waals surface area contributed by atoms with Crippen LogP contribution in [0.2, 0.25) is 5.02 Å². The molecule has 3 rings (SSSR count). The molecule has 0 aliphatic heterocycles. The molecule has 1 fully saturated rings. The van der Waals surface area contributed by atoms with E-state index in [2.05, 4.69) is 10.6 Å². The molecule has 2 amide bonds. The summed E-state index contributed by atoms with van der Waals surface area (Å²) in [6.07, 6.45) is 0.745. The van der Waals surface area contributed by atoms with Crippen molar-refractivity contribution in [2.75, 3.05) is 10.6 Å². The zero-order valence-corrected chi connectivity index (χ0v) is 13.7. The van der Waals surface area contributed by atoms with E-state index in [1.54, 1.807) is 30.3 Å². The molecule has 2 atom stereocenters. The fraction of sp³-hybridized carbons (Fsp3) is 0.222. The van der Waals surface area contributed by atoms with Gasteiger partial charge < -0.3 is 10.6 Å². The quantitative estimate of drug-likeness (QED) is 0.872. The zero-order valence-electron chi connectivity index (χ0n) is 13.0. The van der Waals surface area contributed by atoms with Crippen LogP contribution in [0.1, 0.15) is 24.8 Å². The highest BCUT2D eigenvalue weighted by Crippen LogP contribution is 2.48. The van der Waals surface area contributed by atoms with Gasteiger partial charge in [0, 0.05) is 18.5 Å². The Morgan fingerprint density at radius 2 is 1.83 bits per heavy atom. The molecule has 0 aromatic heterocycles. The molecule has 0 bridgehead atoms. The van der Waals surface area contributed by atoms with Crippen molar-refractivity contribution in [2.45, 2.75) is 19.3 Å². The molecular weight excluding hydrogens is 331 g/mol. The van der Waals surface area contributed by atoms with Crippen molar-refractivity contribution >= 4 is 34.8 Å². The second-order valence-electron chi connectivity index (χ2n) is 5.87. The zero-order chi connectivity index (χ0) is 17.3. The molecule has 1 saturated carbocycles. The van der Waals surface area contributed by atoms with Crippen LogP contribution in [0.4, 0.5) is 15.8 Å². The van der Waals surface area contributed by atoms with Gasteiger partial charge in [-0.25, -0.2) is 4.39 Å². The third-order valence-corrected chi connectivity index (χ3v) is 4.29. The van der Waals surface area contributed by atoms with Gasteiger partial charge >= 0.3 is 0 Å². The topological polar surface area (TPSA) is 58.2 Å². The monoisotopic (exact) mass is 346 g/mol. The first-order chi connectivity index (χ1) is 11.4. The Bertz CT molecular complexity index is 792. The highest BCUT2D eigenvalue weighted by molar-refractivity contribution is 6.34. The predicted octanol–water partition coefficient (Wildman–Crippen LogP) is 4.18. The molecule has 24 heavy (non-hydrogen) atoms. The summed E-state index contributed by atoms with van der Waals surface area (Å²) in [7, 11) is 0. The molecule has 0 radical (unpaired) electrons. The van der Waals surface area contributed by atoms with Gasteiger partial charge in [-0.3, -0.25) is 9.59 Å². The maximum Gasteiger partial charge on any atom is 0.228 e. The Morgan fingerprint density at radius 1 is 1.12 bits per heavy atom. The fourth-order valence-corrected chi connectivity index (χ4v) is 2.91. The van der Waals surface area contributed by atoms with Crippen molar-refractivity contribution in [1.82, 2.24) is 0 Å². The van der Waals surface area contributed by atoms with Gasteiger partial charge in [0.05, 0.1) is 10.7 Å². The van der Waals surface area contributed by atoms with E-state index in [0.717, 1.165) is 12.0 Å². The molecule has 0 unspecified atom stereocenters. The molecular formula is C18H16ClFN2O2. The van der Waals surface area contributed by atoms with E-state index in [-0.39, 0.29) is 29.5 Å². The Morgan fingerprint density at radius 3 is 2.46 bits per heavy atom. The number of halogens is 2. The molecule has 124 valence electrons. The van der Waals surface area contributed by atoms with Gasteiger partial charge in [0.2, 0.25) is 11.8 Å². The summed E-state index contributed by atoms with van der Waals surface area (Å²) in [5.74, 6) is -0.584. The molecule has 0 heterocycles. The van der Waals surface area contributed by atoms with Crippen LogP contribution in [0, 0.1) is 11.7 Å². The summed E-state index contributed by atoms with van der Waals surface area (Å²) in [5.41, 5.74) is 2.04. The second-order valence-corrected chi connectivity index (χ2v) is 6.27. The number of hydrogen-bond acceptors (Lipinski definition) is 2. The van der Waals surface area contributed by atoms with Crippen molar-refractivity contribution < 1.29 is 14.0 Å². The summed E-state index contributed by atoms with van der Waals surface area (Å²) in [6, 6.07) is 11.2. The lowest BCUT2D eigenvalue weighted by Crippen LogP contribution is -2.14. The van der Waals surface area contributed by atoms with Gasteiger partial charge in [0.25, 0.3) is 0 Å². The van der Waals surface area contributed by atoms with E-state index in [1.807, 2.05) is 0 Å². The van der Waals surface area contributed by atoms with Crippen LogP contribution in [0.5, 0.6) is 0 Å². The molecule has 2 aromatic rings. The number of anilines is 2. The van der Waals surface area contributed by atoms with Gasteiger partial charge in [0.1, 0.15) is 5.82 Å². The summed E-state index contributed by atoms with van der Waals surface area (Å²) in [6.45, 7) is 1.40. The van der Waals surface area contributed by atoms with Crippen LogP contribution >= 0.6 is 11.6 Å². The molecule has 2 N–H and O–H groups in total. The number of nitrogens with one attached hydrogen (secondary N) is 2. The minimum absolute atomic E-state index is 0.0901. The number of benzene rings is 2.